The molecule has 1 heterocycles. The molecule has 6 nitrogen and oxygen atoms in total. The predicted molar refractivity (Wildman–Crippen MR) is 155 cm³/mol. The first-order chi connectivity index (χ1) is 19.0. The first-order valence-electron chi connectivity index (χ1n) is 12.8. The van der Waals surface area contributed by atoms with Crippen LogP contribution in [0.1, 0.15) is 41.1 Å². The molecule has 7 heteroatoms. The fourth-order valence-corrected chi connectivity index (χ4v) is 4.91. The van der Waals surface area contributed by atoms with Crippen molar-refractivity contribution in [1.29, 1.82) is 0 Å². The largest absolute Gasteiger partial charge is 0.497 e. The van der Waals surface area contributed by atoms with Gasteiger partial charge in [-0.05, 0) is 66.6 Å². The Balaban J connectivity index is 1.73. The van der Waals surface area contributed by atoms with E-state index in [1.807, 2.05) is 55.5 Å². The van der Waals surface area contributed by atoms with Crippen molar-refractivity contribution in [3.8, 4) is 11.4 Å². The van der Waals surface area contributed by atoms with E-state index < -0.39 is 6.04 Å². The Morgan fingerprint density at radius 2 is 1.67 bits per heavy atom. The fraction of sp³-hybridized carbons (Fsp3) is 0.156. The number of nitrogens with zero attached hydrogens (tertiary/aromatic N) is 3. The lowest BCUT2D eigenvalue weighted by Gasteiger charge is -2.32. The van der Waals surface area contributed by atoms with Gasteiger partial charge in [0.2, 0.25) is 0 Å². The molecule has 0 N–H and O–H groups in total. The molecule has 39 heavy (non-hydrogen) atoms. The van der Waals surface area contributed by atoms with Crippen LogP contribution in [0.15, 0.2) is 108 Å². The van der Waals surface area contributed by atoms with Crippen molar-refractivity contribution in [2.24, 2.45) is 0 Å². The van der Waals surface area contributed by atoms with Crippen LogP contribution in [0.3, 0.4) is 0 Å². The number of amides is 1. The zero-order valence-corrected chi connectivity index (χ0v) is 22.5. The number of carbonyl (C=O) groups excluding carboxylic acids is 1. The van der Waals surface area contributed by atoms with Crippen molar-refractivity contribution < 1.29 is 9.53 Å². The smallest absolute Gasteiger partial charge is 0.266 e. The van der Waals surface area contributed by atoms with Gasteiger partial charge in [0.15, 0.2) is 0 Å². The van der Waals surface area contributed by atoms with Crippen molar-refractivity contribution in [2.45, 2.75) is 25.9 Å². The van der Waals surface area contributed by atoms with Gasteiger partial charge in [0.25, 0.3) is 11.5 Å². The van der Waals surface area contributed by atoms with Crippen molar-refractivity contribution in [3.63, 3.8) is 0 Å². The molecule has 4 aromatic carbocycles. The number of halogens is 1. The highest BCUT2D eigenvalue weighted by atomic mass is 35.5. The van der Waals surface area contributed by atoms with Crippen LogP contribution in [-0.4, -0.2) is 27.5 Å². The van der Waals surface area contributed by atoms with Crippen molar-refractivity contribution >= 4 is 28.4 Å². The Morgan fingerprint density at radius 3 is 2.38 bits per heavy atom. The van der Waals surface area contributed by atoms with E-state index in [2.05, 4.69) is 0 Å². The average molecular weight is 538 g/mol. The lowest BCUT2D eigenvalue weighted by atomic mass is 10.1. The number of para-hydroxylation sites is 1. The molecule has 0 saturated carbocycles. The molecule has 1 aromatic heterocycles. The summed E-state index contributed by atoms with van der Waals surface area (Å²) >= 11 is 6.17. The minimum absolute atomic E-state index is 0.185. The van der Waals surface area contributed by atoms with E-state index in [1.165, 1.54) is 0 Å². The van der Waals surface area contributed by atoms with Crippen LogP contribution in [0.5, 0.6) is 5.75 Å². The van der Waals surface area contributed by atoms with Gasteiger partial charge < -0.3 is 9.64 Å². The quantitative estimate of drug-likeness (QED) is 0.217. The molecule has 0 saturated heterocycles. The molecular formula is C32H28ClN3O3. The van der Waals surface area contributed by atoms with E-state index in [0.717, 1.165) is 5.56 Å². The second-order valence-corrected chi connectivity index (χ2v) is 9.62. The molecule has 0 aliphatic rings. The van der Waals surface area contributed by atoms with Crippen molar-refractivity contribution in [2.75, 3.05) is 7.11 Å². The first kappa shape index (κ1) is 26.2. The number of methoxy groups -OCH3 is 1. The van der Waals surface area contributed by atoms with E-state index in [-0.39, 0.29) is 11.5 Å². The summed E-state index contributed by atoms with van der Waals surface area (Å²) in [6, 6.07) is 30.7. The van der Waals surface area contributed by atoms with Gasteiger partial charge in [0, 0.05) is 17.1 Å². The number of hydrogen-bond donors (Lipinski definition) is 0. The van der Waals surface area contributed by atoms with Gasteiger partial charge in [-0.3, -0.25) is 14.2 Å². The molecule has 0 aliphatic heterocycles. The summed E-state index contributed by atoms with van der Waals surface area (Å²) in [5, 5.41) is 1.06. The van der Waals surface area contributed by atoms with Crippen LogP contribution in [0.25, 0.3) is 16.6 Å². The maximum Gasteiger partial charge on any atom is 0.266 e. The van der Waals surface area contributed by atoms with Gasteiger partial charge in [0.1, 0.15) is 11.6 Å². The van der Waals surface area contributed by atoms with Crippen molar-refractivity contribution in [1.82, 2.24) is 14.5 Å². The van der Waals surface area contributed by atoms with E-state index in [1.54, 1.807) is 71.2 Å². The number of aromatic nitrogens is 2. The molecule has 1 atom stereocenters. The molecule has 0 bridgehead atoms. The molecule has 5 aromatic rings. The van der Waals surface area contributed by atoms with Crippen LogP contribution in [0, 0.1) is 0 Å². The normalized spacial score (nSPS) is 11.8. The van der Waals surface area contributed by atoms with Crippen LogP contribution in [0.2, 0.25) is 5.02 Å². The zero-order chi connectivity index (χ0) is 27.4. The number of carbonyl (C=O) groups is 1. The van der Waals surface area contributed by atoms with E-state index in [9.17, 15) is 9.59 Å². The van der Waals surface area contributed by atoms with Gasteiger partial charge in [-0.2, -0.15) is 0 Å². The Hall–Kier alpha value is -4.42. The minimum Gasteiger partial charge on any atom is -0.497 e. The second-order valence-electron chi connectivity index (χ2n) is 9.18. The number of ether oxygens (including phenoxy) is 1. The maximum absolute atomic E-state index is 14.2. The summed E-state index contributed by atoms with van der Waals surface area (Å²) in [6.45, 7) is 2.33. The average Bonchev–Trinajstić information content (AvgIpc) is 2.98. The monoisotopic (exact) mass is 537 g/mol. The molecule has 5 rings (SSSR count). The number of fused-ring (bicyclic) bond motifs is 1. The number of hydrogen-bond acceptors (Lipinski definition) is 4. The molecule has 0 spiro atoms. The van der Waals surface area contributed by atoms with Crippen molar-refractivity contribution in [3.05, 3.63) is 135 Å². The Morgan fingerprint density at radius 1 is 0.949 bits per heavy atom. The molecule has 0 fully saturated rings. The van der Waals surface area contributed by atoms with Gasteiger partial charge in [-0.25, -0.2) is 4.98 Å². The van der Waals surface area contributed by atoms with Crippen LogP contribution in [-0.2, 0) is 6.54 Å². The molecule has 0 aliphatic carbocycles. The van der Waals surface area contributed by atoms with Gasteiger partial charge in [0.05, 0.1) is 29.7 Å². The predicted octanol–water partition coefficient (Wildman–Crippen LogP) is 6.84. The first-order valence-corrected chi connectivity index (χ1v) is 13.1. The summed E-state index contributed by atoms with van der Waals surface area (Å²) in [6.07, 6.45) is 0.529. The molecule has 196 valence electrons. The Labute approximate surface area is 232 Å². The lowest BCUT2D eigenvalue weighted by Crippen LogP contribution is -2.38. The minimum atomic E-state index is -0.517. The number of benzene rings is 4. The third kappa shape index (κ3) is 5.42. The molecule has 1 amide bonds. The SMILES string of the molecule is CCC(c1nc2ccccc2c(=O)n1-c1ccc(Cl)cc1)N(Cc1ccccc1)C(=O)c1cccc(OC)c1. The van der Waals surface area contributed by atoms with E-state index in [4.69, 9.17) is 21.3 Å². The van der Waals surface area contributed by atoms with Gasteiger partial charge in [-0.1, -0.05) is 67.1 Å². The van der Waals surface area contributed by atoms with Crippen LogP contribution < -0.4 is 10.3 Å². The van der Waals surface area contributed by atoms with Crippen LogP contribution in [0.4, 0.5) is 0 Å². The van der Waals surface area contributed by atoms with Gasteiger partial charge in [-0.15, -0.1) is 0 Å². The highest BCUT2D eigenvalue weighted by Crippen LogP contribution is 2.30. The highest BCUT2D eigenvalue weighted by molar-refractivity contribution is 6.30. The molecular weight excluding hydrogens is 510 g/mol. The second kappa shape index (κ2) is 11.5. The molecule has 1 unspecified atom stereocenters. The fourth-order valence-electron chi connectivity index (χ4n) is 4.78. The maximum atomic E-state index is 14.2. The number of rotatable bonds is 8. The topological polar surface area (TPSA) is 64.4 Å². The van der Waals surface area contributed by atoms with E-state index in [0.29, 0.717) is 51.7 Å². The third-order valence-corrected chi connectivity index (χ3v) is 6.97. The zero-order valence-electron chi connectivity index (χ0n) is 21.8. The van der Waals surface area contributed by atoms with Gasteiger partial charge >= 0.3 is 0 Å². The lowest BCUT2D eigenvalue weighted by molar-refractivity contribution is 0.0640. The summed E-state index contributed by atoms with van der Waals surface area (Å²) < 4.78 is 6.99. The van der Waals surface area contributed by atoms with Crippen LogP contribution >= 0.6 is 11.6 Å². The Kier molecular flexibility index (Phi) is 7.75. The third-order valence-electron chi connectivity index (χ3n) is 6.72. The molecule has 0 radical (unpaired) electrons. The van der Waals surface area contributed by atoms with E-state index >= 15 is 0 Å². The summed E-state index contributed by atoms with van der Waals surface area (Å²) in [5.41, 5.74) is 2.46. The standard InChI is InChI=1S/C32H28ClN3O3/c1-3-29(35(21-22-10-5-4-6-11-22)31(37)23-12-9-13-26(20-23)39-2)30-34-28-15-8-7-14-27(28)32(38)36(30)25-18-16-24(33)17-19-25/h4-20,29H,3,21H2,1-2H3. The summed E-state index contributed by atoms with van der Waals surface area (Å²) in [7, 11) is 1.57. The highest BCUT2D eigenvalue weighted by Gasteiger charge is 2.30. The summed E-state index contributed by atoms with van der Waals surface area (Å²) in [4.78, 5) is 34.9. The summed E-state index contributed by atoms with van der Waals surface area (Å²) in [5.74, 6) is 0.890. The Bertz CT molecular complexity index is 1670.